The van der Waals surface area contributed by atoms with Crippen LogP contribution in [0.15, 0.2) is 60.7 Å². The number of fused-ring (bicyclic) bond motifs is 1. The lowest BCUT2D eigenvalue weighted by Crippen LogP contribution is -1.98. The van der Waals surface area contributed by atoms with Gasteiger partial charge in [-0.25, -0.2) is 0 Å². The molecule has 0 atom stereocenters. The minimum Gasteiger partial charge on any atom is -0.385 e. The molecule has 0 aliphatic rings. The van der Waals surface area contributed by atoms with Crippen molar-refractivity contribution < 1.29 is 0 Å². The van der Waals surface area contributed by atoms with Gasteiger partial charge in [0.1, 0.15) is 5.82 Å². The summed E-state index contributed by atoms with van der Waals surface area (Å²) >= 11 is 0. The van der Waals surface area contributed by atoms with Crippen LogP contribution in [0.2, 0.25) is 0 Å². The zero-order valence-electron chi connectivity index (χ0n) is 8.80. The molecule has 0 amide bonds. The fourth-order valence-electron chi connectivity index (χ4n) is 2.04. The summed E-state index contributed by atoms with van der Waals surface area (Å²) in [5, 5.41) is 1.17. The average Bonchev–Trinajstić information content (AvgIpc) is 2.66. The quantitative estimate of drug-likeness (QED) is 0.654. The molecule has 78 valence electrons. The van der Waals surface area contributed by atoms with Crippen molar-refractivity contribution in [2.75, 3.05) is 5.73 Å². The van der Waals surface area contributed by atoms with Gasteiger partial charge in [0.25, 0.3) is 0 Å². The SMILES string of the molecule is Nc1cc2ccccc2n1-c1ccccc1. The highest BCUT2D eigenvalue weighted by Crippen LogP contribution is 2.25. The molecule has 0 saturated carbocycles. The van der Waals surface area contributed by atoms with Crippen molar-refractivity contribution in [2.24, 2.45) is 0 Å². The van der Waals surface area contributed by atoms with Gasteiger partial charge in [-0.15, -0.1) is 0 Å². The molecule has 0 saturated heterocycles. The molecule has 0 spiro atoms. The Morgan fingerprint density at radius 3 is 2.31 bits per heavy atom. The van der Waals surface area contributed by atoms with Crippen LogP contribution >= 0.6 is 0 Å². The normalized spacial score (nSPS) is 10.8. The van der Waals surface area contributed by atoms with Gasteiger partial charge in [-0.1, -0.05) is 36.4 Å². The highest BCUT2D eigenvalue weighted by molar-refractivity contribution is 5.86. The van der Waals surface area contributed by atoms with Crippen LogP contribution in [0, 0.1) is 0 Å². The van der Waals surface area contributed by atoms with Gasteiger partial charge in [0, 0.05) is 11.1 Å². The summed E-state index contributed by atoms with van der Waals surface area (Å²) < 4.78 is 2.06. The first-order valence-corrected chi connectivity index (χ1v) is 5.27. The number of rotatable bonds is 1. The first-order chi connectivity index (χ1) is 7.86. The smallest absolute Gasteiger partial charge is 0.108 e. The summed E-state index contributed by atoms with van der Waals surface area (Å²) in [4.78, 5) is 0. The largest absolute Gasteiger partial charge is 0.385 e. The molecule has 3 rings (SSSR count). The second-order valence-electron chi connectivity index (χ2n) is 3.80. The van der Waals surface area contributed by atoms with Gasteiger partial charge in [-0.2, -0.15) is 0 Å². The molecule has 2 aromatic carbocycles. The molecular formula is C14H12N2. The number of aromatic nitrogens is 1. The Kier molecular flexibility index (Phi) is 1.93. The summed E-state index contributed by atoms with van der Waals surface area (Å²) in [6.07, 6.45) is 0. The lowest BCUT2D eigenvalue weighted by atomic mass is 10.2. The van der Waals surface area contributed by atoms with E-state index >= 15 is 0 Å². The molecule has 0 fully saturated rings. The molecule has 3 aromatic rings. The van der Waals surface area contributed by atoms with Crippen molar-refractivity contribution in [3.8, 4) is 5.69 Å². The number of anilines is 1. The highest BCUT2D eigenvalue weighted by Gasteiger charge is 2.06. The second kappa shape index (κ2) is 3.42. The van der Waals surface area contributed by atoms with Crippen LogP contribution in [0.25, 0.3) is 16.6 Å². The Balaban J connectivity index is 2.35. The lowest BCUT2D eigenvalue weighted by Gasteiger charge is -2.07. The van der Waals surface area contributed by atoms with E-state index in [-0.39, 0.29) is 0 Å². The molecule has 0 aliphatic carbocycles. The van der Waals surface area contributed by atoms with Crippen LogP contribution in [0.1, 0.15) is 0 Å². The van der Waals surface area contributed by atoms with Crippen molar-refractivity contribution in [1.29, 1.82) is 0 Å². The topological polar surface area (TPSA) is 30.9 Å². The maximum absolute atomic E-state index is 6.05. The Hall–Kier alpha value is -2.22. The van der Waals surface area contributed by atoms with E-state index in [9.17, 15) is 0 Å². The number of nitrogen functional groups attached to an aromatic ring is 1. The maximum Gasteiger partial charge on any atom is 0.108 e. The third kappa shape index (κ3) is 1.27. The number of nitrogens with zero attached hydrogens (tertiary/aromatic N) is 1. The van der Waals surface area contributed by atoms with E-state index in [1.165, 1.54) is 5.39 Å². The second-order valence-corrected chi connectivity index (χ2v) is 3.80. The van der Waals surface area contributed by atoms with Crippen molar-refractivity contribution in [2.45, 2.75) is 0 Å². The number of hydrogen-bond donors (Lipinski definition) is 1. The third-order valence-electron chi connectivity index (χ3n) is 2.75. The summed E-state index contributed by atoms with van der Waals surface area (Å²) in [6.45, 7) is 0. The molecule has 0 radical (unpaired) electrons. The number of para-hydroxylation sites is 2. The van der Waals surface area contributed by atoms with Crippen LogP contribution in [0.4, 0.5) is 5.82 Å². The average molecular weight is 208 g/mol. The van der Waals surface area contributed by atoms with E-state index in [1.54, 1.807) is 0 Å². The molecule has 2 nitrogen and oxygen atoms in total. The van der Waals surface area contributed by atoms with E-state index in [0.717, 1.165) is 17.0 Å². The van der Waals surface area contributed by atoms with Gasteiger partial charge in [-0.05, 0) is 24.3 Å². The Morgan fingerprint density at radius 2 is 1.50 bits per heavy atom. The predicted octanol–water partition coefficient (Wildman–Crippen LogP) is 3.21. The third-order valence-corrected chi connectivity index (χ3v) is 2.75. The van der Waals surface area contributed by atoms with Crippen LogP contribution in [0.3, 0.4) is 0 Å². The molecule has 16 heavy (non-hydrogen) atoms. The first-order valence-electron chi connectivity index (χ1n) is 5.27. The summed E-state index contributed by atoms with van der Waals surface area (Å²) in [5.41, 5.74) is 8.29. The molecule has 2 N–H and O–H groups in total. The molecular weight excluding hydrogens is 196 g/mol. The highest BCUT2D eigenvalue weighted by atomic mass is 15.0. The van der Waals surface area contributed by atoms with Crippen molar-refractivity contribution in [3.63, 3.8) is 0 Å². The van der Waals surface area contributed by atoms with Crippen molar-refractivity contribution >= 4 is 16.7 Å². The van der Waals surface area contributed by atoms with Crippen LogP contribution in [-0.4, -0.2) is 4.57 Å². The molecule has 1 aromatic heterocycles. The predicted molar refractivity (Wildman–Crippen MR) is 67.7 cm³/mol. The van der Waals surface area contributed by atoms with Gasteiger partial charge in [0.05, 0.1) is 5.52 Å². The molecule has 2 heteroatoms. The van der Waals surface area contributed by atoms with Gasteiger partial charge < -0.3 is 5.73 Å². The Morgan fingerprint density at radius 1 is 0.812 bits per heavy atom. The number of nitrogens with two attached hydrogens (primary N) is 1. The van der Waals surface area contributed by atoms with Crippen molar-refractivity contribution in [1.82, 2.24) is 4.57 Å². The van der Waals surface area contributed by atoms with Gasteiger partial charge in [0.15, 0.2) is 0 Å². The number of hydrogen-bond acceptors (Lipinski definition) is 1. The Labute approximate surface area is 93.9 Å². The van der Waals surface area contributed by atoms with Crippen molar-refractivity contribution in [3.05, 3.63) is 60.7 Å². The zero-order valence-corrected chi connectivity index (χ0v) is 8.80. The lowest BCUT2D eigenvalue weighted by molar-refractivity contribution is 1.14. The maximum atomic E-state index is 6.05. The number of benzene rings is 2. The van der Waals surface area contributed by atoms with Crippen LogP contribution in [0.5, 0.6) is 0 Å². The van der Waals surface area contributed by atoms with Gasteiger partial charge in [-0.3, -0.25) is 4.57 Å². The first kappa shape index (κ1) is 9.04. The van der Waals surface area contributed by atoms with E-state index in [1.807, 2.05) is 36.4 Å². The monoisotopic (exact) mass is 208 g/mol. The molecule has 1 heterocycles. The van der Waals surface area contributed by atoms with Crippen LogP contribution in [-0.2, 0) is 0 Å². The van der Waals surface area contributed by atoms with E-state index in [2.05, 4.69) is 28.8 Å². The van der Waals surface area contributed by atoms with E-state index < -0.39 is 0 Å². The zero-order chi connectivity index (χ0) is 11.0. The van der Waals surface area contributed by atoms with E-state index in [0.29, 0.717) is 0 Å². The van der Waals surface area contributed by atoms with E-state index in [4.69, 9.17) is 5.73 Å². The fourth-order valence-corrected chi connectivity index (χ4v) is 2.04. The Bertz CT molecular complexity index is 624. The van der Waals surface area contributed by atoms with Gasteiger partial charge in [0.2, 0.25) is 0 Å². The van der Waals surface area contributed by atoms with Crippen LogP contribution < -0.4 is 5.73 Å². The van der Waals surface area contributed by atoms with Gasteiger partial charge >= 0.3 is 0 Å². The summed E-state index contributed by atoms with van der Waals surface area (Å²) in [6, 6.07) is 20.4. The summed E-state index contributed by atoms with van der Waals surface area (Å²) in [7, 11) is 0. The minimum atomic E-state index is 0.771. The molecule has 0 unspecified atom stereocenters. The molecule has 0 bridgehead atoms. The minimum absolute atomic E-state index is 0.771. The fraction of sp³-hybridized carbons (Fsp3) is 0. The standard InChI is InChI=1S/C14H12N2/c15-14-10-11-6-4-5-9-13(11)16(14)12-7-2-1-3-8-12/h1-10H,15H2. The summed E-state index contributed by atoms with van der Waals surface area (Å²) in [5.74, 6) is 0.771. The molecule has 0 aliphatic heterocycles.